The van der Waals surface area contributed by atoms with Crippen LogP contribution in [-0.4, -0.2) is 19.9 Å². The highest BCUT2D eigenvalue weighted by Gasteiger charge is 2.10. The van der Waals surface area contributed by atoms with Gasteiger partial charge in [-0.1, -0.05) is 30.3 Å². The number of anilines is 1. The van der Waals surface area contributed by atoms with Gasteiger partial charge in [-0.3, -0.25) is 0 Å². The molecule has 4 rings (SSSR count). The summed E-state index contributed by atoms with van der Waals surface area (Å²) in [6.07, 6.45) is 4.95. The third kappa shape index (κ3) is 4.76. The van der Waals surface area contributed by atoms with Crippen molar-refractivity contribution in [2.24, 2.45) is 5.11 Å². The zero-order chi connectivity index (χ0) is 21.6. The minimum Gasteiger partial charge on any atom is -0.363 e. The monoisotopic (exact) mass is 470 g/mol. The highest BCUT2D eigenvalue weighted by atomic mass is 79.9. The maximum absolute atomic E-state index is 9.12. The Morgan fingerprint density at radius 2 is 1.77 bits per heavy atom. The first-order valence-corrected chi connectivity index (χ1v) is 10.0. The molecular weight excluding hydrogens is 456 g/mol. The molecule has 0 aliphatic rings. The SMILES string of the molecule is N#Cc1cccc(-c2cnc(N=N)c(NCc3cccc(-c4ncc(Br)cn4)c3)n2)c1. The van der Waals surface area contributed by atoms with Crippen LogP contribution in [0.2, 0.25) is 0 Å². The fraction of sp³-hybridized carbons (Fsp3) is 0.0455. The molecule has 31 heavy (non-hydrogen) atoms. The van der Waals surface area contributed by atoms with Crippen molar-refractivity contribution in [1.29, 1.82) is 10.8 Å². The number of rotatable bonds is 6. The van der Waals surface area contributed by atoms with Gasteiger partial charge in [0.2, 0.25) is 5.82 Å². The second-order valence-corrected chi connectivity index (χ2v) is 7.43. The van der Waals surface area contributed by atoms with Crippen LogP contribution in [0.15, 0.2) is 76.7 Å². The molecule has 2 aromatic carbocycles. The van der Waals surface area contributed by atoms with Crippen LogP contribution in [0, 0.1) is 16.9 Å². The van der Waals surface area contributed by atoms with E-state index in [1.54, 1.807) is 36.8 Å². The molecule has 8 nitrogen and oxygen atoms in total. The molecule has 0 unspecified atom stereocenters. The Balaban J connectivity index is 1.58. The highest BCUT2D eigenvalue weighted by molar-refractivity contribution is 9.10. The van der Waals surface area contributed by atoms with Gasteiger partial charge in [-0.05, 0) is 39.7 Å². The van der Waals surface area contributed by atoms with Gasteiger partial charge >= 0.3 is 0 Å². The fourth-order valence-electron chi connectivity index (χ4n) is 2.94. The van der Waals surface area contributed by atoms with E-state index in [-0.39, 0.29) is 5.82 Å². The first kappa shape index (κ1) is 20.3. The van der Waals surface area contributed by atoms with Gasteiger partial charge in [-0.15, -0.1) is 5.11 Å². The molecule has 0 aliphatic heterocycles. The fourth-order valence-corrected chi connectivity index (χ4v) is 3.14. The lowest BCUT2D eigenvalue weighted by Gasteiger charge is -2.10. The minimum atomic E-state index is 0.188. The molecule has 9 heteroatoms. The lowest BCUT2D eigenvalue weighted by atomic mass is 10.1. The predicted octanol–water partition coefficient (Wildman–Crippen LogP) is 5.51. The van der Waals surface area contributed by atoms with Gasteiger partial charge in [0.05, 0.1) is 28.0 Å². The summed E-state index contributed by atoms with van der Waals surface area (Å²) >= 11 is 3.34. The molecular formula is C22H15BrN8. The normalized spacial score (nSPS) is 10.3. The van der Waals surface area contributed by atoms with Crippen LogP contribution in [0.5, 0.6) is 0 Å². The van der Waals surface area contributed by atoms with Crippen molar-refractivity contribution in [2.75, 3.05) is 5.32 Å². The lowest BCUT2D eigenvalue weighted by molar-refractivity contribution is 1.03. The molecule has 150 valence electrons. The molecule has 0 amide bonds. The molecule has 2 aromatic heterocycles. The second kappa shape index (κ2) is 9.19. The number of nitrogens with one attached hydrogen (secondary N) is 2. The summed E-state index contributed by atoms with van der Waals surface area (Å²) in [7, 11) is 0. The summed E-state index contributed by atoms with van der Waals surface area (Å²) in [6, 6.07) is 17.1. The molecule has 0 atom stereocenters. The highest BCUT2D eigenvalue weighted by Crippen LogP contribution is 2.26. The zero-order valence-electron chi connectivity index (χ0n) is 16.1. The van der Waals surface area contributed by atoms with Crippen LogP contribution in [0.3, 0.4) is 0 Å². The van der Waals surface area contributed by atoms with Gasteiger partial charge < -0.3 is 5.32 Å². The van der Waals surface area contributed by atoms with E-state index in [1.165, 1.54) is 0 Å². The van der Waals surface area contributed by atoms with Gasteiger partial charge in [0.1, 0.15) is 0 Å². The average molecular weight is 471 g/mol. The van der Waals surface area contributed by atoms with Gasteiger partial charge in [0.25, 0.3) is 0 Å². The summed E-state index contributed by atoms with van der Waals surface area (Å²) in [6.45, 7) is 0.448. The average Bonchev–Trinajstić information content (AvgIpc) is 2.83. The summed E-state index contributed by atoms with van der Waals surface area (Å²) in [5.74, 6) is 1.21. The molecule has 0 bridgehead atoms. The maximum atomic E-state index is 9.12. The van der Waals surface area contributed by atoms with Crippen molar-refractivity contribution in [2.45, 2.75) is 6.54 Å². The van der Waals surface area contributed by atoms with E-state index in [0.29, 0.717) is 29.4 Å². The first-order valence-electron chi connectivity index (χ1n) is 9.22. The molecule has 0 aliphatic carbocycles. The van der Waals surface area contributed by atoms with E-state index in [4.69, 9.17) is 10.8 Å². The van der Waals surface area contributed by atoms with Crippen molar-refractivity contribution in [3.05, 3.63) is 82.7 Å². The Hall–Kier alpha value is -4.03. The quantitative estimate of drug-likeness (QED) is 0.358. The standard InChI is InChI=1S/C22H15BrN8/c23-18-11-27-20(28-12-18)17-6-2-4-15(8-17)10-26-21-22(31-25)29-13-19(30-21)16-5-1-3-14(7-16)9-24/h1-8,11-13,25H,10H2,(H,26,30). The Bertz CT molecular complexity index is 1280. The van der Waals surface area contributed by atoms with E-state index in [9.17, 15) is 0 Å². The van der Waals surface area contributed by atoms with Crippen molar-refractivity contribution < 1.29 is 0 Å². The van der Waals surface area contributed by atoms with Gasteiger partial charge in [-0.2, -0.15) is 5.26 Å². The van der Waals surface area contributed by atoms with E-state index >= 15 is 0 Å². The van der Waals surface area contributed by atoms with Crippen molar-refractivity contribution in [3.8, 4) is 28.7 Å². The Kier molecular flexibility index (Phi) is 6.01. The Morgan fingerprint density at radius 3 is 2.55 bits per heavy atom. The Labute approximate surface area is 186 Å². The van der Waals surface area contributed by atoms with E-state index in [2.05, 4.69) is 52.4 Å². The van der Waals surface area contributed by atoms with Crippen LogP contribution < -0.4 is 5.32 Å². The van der Waals surface area contributed by atoms with Crippen LogP contribution >= 0.6 is 15.9 Å². The van der Waals surface area contributed by atoms with Crippen LogP contribution in [0.1, 0.15) is 11.1 Å². The van der Waals surface area contributed by atoms with E-state index in [0.717, 1.165) is 21.2 Å². The molecule has 0 saturated heterocycles. The number of nitrogens with zero attached hydrogens (tertiary/aromatic N) is 6. The van der Waals surface area contributed by atoms with Crippen LogP contribution in [0.4, 0.5) is 11.6 Å². The Morgan fingerprint density at radius 1 is 1.00 bits per heavy atom. The lowest BCUT2D eigenvalue weighted by Crippen LogP contribution is -2.04. The van der Waals surface area contributed by atoms with Crippen molar-refractivity contribution in [3.63, 3.8) is 0 Å². The van der Waals surface area contributed by atoms with Crippen molar-refractivity contribution in [1.82, 2.24) is 19.9 Å². The minimum absolute atomic E-state index is 0.188. The first-order chi connectivity index (χ1) is 15.2. The molecule has 0 spiro atoms. The number of benzene rings is 2. The molecule has 4 aromatic rings. The second-order valence-electron chi connectivity index (χ2n) is 6.51. The van der Waals surface area contributed by atoms with E-state index < -0.39 is 0 Å². The summed E-state index contributed by atoms with van der Waals surface area (Å²) < 4.78 is 0.819. The molecule has 0 saturated carbocycles. The van der Waals surface area contributed by atoms with Gasteiger partial charge in [0.15, 0.2) is 11.6 Å². The smallest absolute Gasteiger partial charge is 0.216 e. The molecule has 2 heterocycles. The van der Waals surface area contributed by atoms with Crippen LogP contribution in [0.25, 0.3) is 22.6 Å². The number of hydrogen-bond donors (Lipinski definition) is 2. The predicted molar refractivity (Wildman–Crippen MR) is 119 cm³/mol. The molecule has 0 radical (unpaired) electrons. The molecule has 0 fully saturated rings. The van der Waals surface area contributed by atoms with Gasteiger partial charge in [-0.25, -0.2) is 25.5 Å². The zero-order valence-corrected chi connectivity index (χ0v) is 17.7. The third-order valence-electron chi connectivity index (χ3n) is 4.41. The number of hydrogen-bond acceptors (Lipinski definition) is 8. The topological polar surface area (TPSA) is 124 Å². The van der Waals surface area contributed by atoms with Crippen molar-refractivity contribution >= 4 is 27.6 Å². The number of halogens is 1. The van der Waals surface area contributed by atoms with Gasteiger partial charge in [0, 0.05) is 30.1 Å². The summed E-state index contributed by atoms with van der Waals surface area (Å²) in [5, 5.41) is 15.8. The maximum Gasteiger partial charge on any atom is 0.216 e. The molecule has 2 N–H and O–H groups in total. The van der Waals surface area contributed by atoms with Crippen LogP contribution in [-0.2, 0) is 6.54 Å². The van der Waals surface area contributed by atoms with E-state index in [1.807, 2.05) is 30.3 Å². The third-order valence-corrected chi connectivity index (χ3v) is 4.82. The summed E-state index contributed by atoms with van der Waals surface area (Å²) in [5.41, 5.74) is 11.2. The number of nitriles is 1. The number of aromatic nitrogens is 4. The summed E-state index contributed by atoms with van der Waals surface area (Å²) in [4.78, 5) is 17.5. The largest absolute Gasteiger partial charge is 0.363 e.